The molecule has 1 amide bonds. The number of rotatable bonds is 2. The minimum atomic E-state index is -0.787. The Morgan fingerprint density at radius 2 is 1.80 bits per heavy atom. The van der Waals surface area contributed by atoms with Crippen molar-refractivity contribution in [2.24, 2.45) is 0 Å². The molecule has 0 unspecified atom stereocenters. The first-order chi connectivity index (χ1) is 9.66. The van der Waals surface area contributed by atoms with E-state index in [4.69, 9.17) is 0 Å². The molecule has 0 aromatic heterocycles. The molecular weight excluding hydrogens is 262 g/mol. The van der Waals surface area contributed by atoms with Gasteiger partial charge in [0.05, 0.1) is 0 Å². The molecule has 3 nitrogen and oxygen atoms in total. The van der Waals surface area contributed by atoms with Crippen molar-refractivity contribution in [2.75, 3.05) is 5.32 Å². The lowest BCUT2D eigenvalue weighted by Crippen LogP contribution is -2.28. The second-order valence-electron chi connectivity index (χ2n) is 4.60. The van der Waals surface area contributed by atoms with Gasteiger partial charge in [-0.2, -0.15) is 0 Å². The smallest absolute Gasteiger partial charge is 0.246 e. The Kier molecular flexibility index (Phi) is 3.20. The number of anilines is 1. The van der Waals surface area contributed by atoms with Crippen molar-refractivity contribution >= 4 is 11.6 Å². The normalized spacial score (nSPS) is 16.8. The average molecular weight is 274 g/mol. The van der Waals surface area contributed by atoms with E-state index in [1.165, 1.54) is 6.07 Å². The number of amides is 1. The molecule has 20 heavy (non-hydrogen) atoms. The van der Waals surface area contributed by atoms with Crippen LogP contribution >= 0.6 is 0 Å². The van der Waals surface area contributed by atoms with E-state index >= 15 is 0 Å². The van der Waals surface area contributed by atoms with Crippen LogP contribution in [-0.4, -0.2) is 5.91 Å². The standard InChI is InChI=1S/C15H12F2N2O/c16-11-6-3-7-12(17)14(11)19-15(20)13-10-5-2-1-4-9(10)8-18-13/h1-7,13,18H,8H2,(H,19,20)/t13-/m0/s1. The molecule has 1 heterocycles. The first kappa shape index (κ1) is 12.7. The molecule has 1 atom stereocenters. The summed E-state index contributed by atoms with van der Waals surface area (Å²) in [6.07, 6.45) is 0. The van der Waals surface area contributed by atoms with Crippen molar-refractivity contribution in [3.8, 4) is 0 Å². The Bertz CT molecular complexity index is 652. The molecular formula is C15H12F2N2O. The van der Waals surface area contributed by atoms with Crippen molar-refractivity contribution in [2.45, 2.75) is 12.6 Å². The van der Waals surface area contributed by atoms with Crippen LogP contribution in [0.1, 0.15) is 17.2 Å². The lowest BCUT2D eigenvalue weighted by Gasteiger charge is -2.13. The van der Waals surface area contributed by atoms with Gasteiger partial charge >= 0.3 is 0 Å². The molecule has 2 N–H and O–H groups in total. The summed E-state index contributed by atoms with van der Waals surface area (Å²) < 4.78 is 27.0. The first-order valence-corrected chi connectivity index (χ1v) is 6.23. The Morgan fingerprint density at radius 3 is 2.55 bits per heavy atom. The summed E-state index contributed by atoms with van der Waals surface area (Å²) in [5.74, 6) is -2.05. The van der Waals surface area contributed by atoms with Crippen molar-refractivity contribution in [1.82, 2.24) is 5.32 Å². The van der Waals surface area contributed by atoms with Gasteiger partial charge in [0.15, 0.2) is 0 Å². The summed E-state index contributed by atoms with van der Waals surface area (Å²) in [6.45, 7) is 0.564. The van der Waals surface area contributed by atoms with Crippen LogP contribution < -0.4 is 10.6 Å². The largest absolute Gasteiger partial charge is 0.320 e. The predicted octanol–water partition coefficient (Wildman–Crippen LogP) is 2.75. The summed E-state index contributed by atoms with van der Waals surface area (Å²) in [6, 6.07) is 10.3. The van der Waals surface area contributed by atoms with Gasteiger partial charge in [-0.3, -0.25) is 10.1 Å². The second-order valence-corrected chi connectivity index (χ2v) is 4.60. The zero-order chi connectivity index (χ0) is 14.1. The van der Waals surface area contributed by atoms with Crippen LogP contribution in [-0.2, 0) is 11.3 Å². The Hall–Kier alpha value is -2.27. The number of hydrogen-bond donors (Lipinski definition) is 2. The van der Waals surface area contributed by atoms with E-state index in [9.17, 15) is 13.6 Å². The number of hydrogen-bond acceptors (Lipinski definition) is 2. The first-order valence-electron chi connectivity index (χ1n) is 6.23. The third-order valence-electron chi connectivity index (χ3n) is 3.34. The highest BCUT2D eigenvalue weighted by Crippen LogP contribution is 2.27. The van der Waals surface area contributed by atoms with Crippen molar-refractivity contribution in [3.05, 3.63) is 65.2 Å². The molecule has 0 spiro atoms. The molecule has 1 aliphatic rings. The third kappa shape index (κ3) is 2.16. The lowest BCUT2D eigenvalue weighted by molar-refractivity contribution is -0.118. The zero-order valence-corrected chi connectivity index (χ0v) is 10.5. The number of halogens is 2. The zero-order valence-electron chi connectivity index (χ0n) is 10.5. The highest BCUT2D eigenvalue weighted by atomic mass is 19.1. The average Bonchev–Trinajstić information content (AvgIpc) is 2.87. The molecule has 0 radical (unpaired) electrons. The van der Waals surface area contributed by atoms with E-state index in [2.05, 4.69) is 10.6 Å². The highest BCUT2D eigenvalue weighted by Gasteiger charge is 2.28. The summed E-state index contributed by atoms with van der Waals surface area (Å²) in [7, 11) is 0. The molecule has 0 fully saturated rings. The van der Waals surface area contributed by atoms with Crippen molar-refractivity contribution < 1.29 is 13.6 Å². The summed E-state index contributed by atoms with van der Waals surface area (Å²) in [5.41, 5.74) is 1.44. The third-order valence-corrected chi connectivity index (χ3v) is 3.34. The minimum absolute atomic E-state index is 0.413. The molecule has 0 bridgehead atoms. The van der Waals surface area contributed by atoms with E-state index in [1.807, 2.05) is 24.3 Å². The number of carbonyl (C=O) groups excluding carboxylic acids is 1. The van der Waals surface area contributed by atoms with Gasteiger partial charge in [0.2, 0.25) is 5.91 Å². The molecule has 0 saturated heterocycles. The van der Waals surface area contributed by atoms with Crippen LogP contribution in [0.4, 0.5) is 14.5 Å². The van der Waals surface area contributed by atoms with Crippen LogP contribution in [0.2, 0.25) is 0 Å². The summed E-state index contributed by atoms with van der Waals surface area (Å²) in [4.78, 5) is 12.2. The van der Waals surface area contributed by atoms with Gasteiger partial charge in [-0.05, 0) is 23.3 Å². The van der Waals surface area contributed by atoms with Gasteiger partial charge < -0.3 is 5.32 Å². The fourth-order valence-corrected chi connectivity index (χ4v) is 2.35. The lowest BCUT2D eigenvalue weighted by atomic mass is 10.0. The van der Waals surface area contributed by atoms with Crippen molar-refractivity contribution in [1.29, 1.82) is 0 Å². The van der Waals surface area contributed by atoms with Gasteiger partial charge in [-0.1, -0.05) is 30.3 Å². The Balaban J connectivity index is 1.85. The van der Waals surface area contributed by atoms with Gasteiger partial charge in [0, 0.05) is 6.54 Å². The quantitative estimate of drug-likeness (QED) is 0.884. The molecule has 1 aliphatic heterocycles. The second kappa shape index (κ2) is 5.02. The maximum atomic E-state index is 13.5. The van der Waals surface area contributed by atoms with Gasteiger partial charge in [-0.15, -0.1) is 0 Å². The van der Waals surface area contributed by atoms with E-state index in [0.29, 0.717) is 6.54 Å². The molecule has 3 rings (SSSR count). The Morgan fingerprint density at radius 1 is 1.10 bits per heavy atom. The van der Waals surface area contributed by atoms with Gasteiger partial charge in [0.25, 0.3) is 0 Å². The molecule has 2 aromatic rings. The summed E-state index contributed by atoms with van der Waals surface area (Å²) >= 11 is 0. The predicted molar refractivity (Wildman–Crippen MR) is 71.0 cm³/mol. The molecule has 2 aromatic carbocycles. The minimum Gasteiger partial charge on any atom is -0.320 e. The van der Waals surface area contributed by atoms with Crippen LogP contribution in [0.3, 0.4) is 0 Å². The van der Waals surface area contributed by atoms with Crippen LogP contribution in [0, 0.1) is 11.6 Å². The maximum Gasteiger partial charge on any atom is 0.246 e. The van der Waals surface area contributed by atoms with E-state index in [0.717, 1.165) is 23.3 Å². The molecule has 102 valence electrons. The van der Waals surface area contributed by atoms with E-state index in [1.54, 1.807) is 0 Å². The molecule has 5 heteroatoms. The molecule has 0 saturated carbocycles. The number of para-hydroxylation sites is 1. The SMILES string of the molecule is O=C(Nc1c(F)cccc1F)[C@H]1NCc2ccccc21. The topological polar surface area (TPSA) is 41.1 Å². The maximum absolute atomic E-state index is 13.5. The van der Waals surface area contributed by atoms with Gasteiger partial charge in [0.1, 0.15) is 23.4 Å². The highest BCUT2D eigenvalue weighted by molar-refractivity contribution is 5.96. The number of carbonyl (C=O) groups is 1. The fraction of sp³-hybridized carbons (Fsp3) is 0.133. The van der Waals surface area contributed by atoms with E-state index < -0.39 is 29.3 Å². The van der Waals surface area contributed by atoms with E-state index in [-0.39, 0.29) is 0 Å². The Labute approximate surface area is 114 Å². The monoisotopic (exact) mass is 274 g/mol. The van der Waals surface area contributed by atoms with Crippen molar-refractivity contribution in [3.63, 3.8) is 0 Å². The number of nitrogens with one attached hydrogen (secondary N) is 2. The van der Waals surface area contributed by atoms with Crippen LogP contribution in [0.25, 0.3) is 0 Å². The van der Waals surface area contributed by atoms with Crippen LogP contribution in [0.5, 0.6) is 0 Å². The molecule has 0 aliphatic carbocycles. The summed E-state index contributed by atoms with van der Waals surface area (Å²) in [5, 5.41) is 5.33. The fourth-order valence-electron chi connectivity index (χ4n) is 2.35. The van der Waals surface area contributed by atoms with Crippen LogP contribution in [0.15, 0.2) is 42.5 Å². The number of fused-ring (bicyclic) bond motifs is 1. The number of benzene rings is 2. The van der Waals surface area contributed by atoms with Gasteiger partial charge in [-0.25, -0.2) is 8.78 Å².